The van der Waals surface area contributed by atoms with Crippen molar-refractivity contribution in [3.8, 4) is 0 Å². The van der Waals surface area contributed by atoms with Crippen LogP contribution in [0.1, 0.15) is 23.2 Å². The second-order valence-electron chi connectivity index (χ2n) is 5.38. The smallest absolute Gasteiger partial charge is 0.253 e. The van der Waals surface area contributed by atoms with Gasteiger partial charge in [-0.1, -0.05) is 29.8 Å². The molecule has 1 fully saturated rings. The lowest BCUT2D eigenvalue weighted by atomic mass is 9.99. The van der Waals surface area contributed by atoms with E-state index in [4.69, 9.17) is 23.2 Å². The predicted molar refractivity (Wildman–Crippen MR) is 89.1 cm³/mol. The molecular weight excluding hydrogens is 345 g/mol. The molecule has 1 aromatic carbocycles. The first-order valence-electron chi connectivity index (χ1n) is 6.92. The van der Waals surface area contributed by atoms with Gasteiger partial charge in [0.2, 0.25) is 0 Å². The number of amides is 1. The molecule has 0 N–H and O–H groups in total. The molecule has 1 amide bonds. The molecular formula is C15H17Cl2NO3S. The maximum atomic E-state index is 12.5. The van der Waals surface area contributed by atoms with Gasteiger partial charge in [-0.15, -0.1) is 0 Å². The first-order chi connectivity index (χ1) is 10.3. The van der Waals surface area contributed by atoms with Gasteiger partial charge >= 0.3 is 0 Å². The summed E-state index contributed by atoms with van der Waals surface area (Å²) in [5.41, 5.74) is 0.460. The van der Waals surface area contributed by atoms with Gasteiger partial charge in [-0.05, 0) is 37.0 Å². The van der Waals surface area contributed by atoms with Gasteiger partial charge in [-0.25, -0.2) is 8.42 Å². The van der Waals surface area contributed by atoms with E-state index in [2.05, 4.69) is 6.58 Å². The molecule has 0 aromatic heterocycles. The third kappa shape index (κ3) is 4.24. The molecule has 4 nitrogen and oxygen atoms in total. The minimum Gasteiger partial charge on any atom is -0.338 e. The van der Waals surface area contributed by atoms with Gasteiger partial charge in [0.15, 0.2) is 9.84 Å². The molecule has 0 spiro atoms. The number of likely N-dealkylation sites (tertiary alicyclic amines) is 1. The molecule has 1 atom stereocenters. The quantitative estimate of drug-likeness (QED) is 0.825. The number of carbonyl (C=O) groups excluding carboxylic acids is 1. The molecule has 0 bridgehead atoms. The molecule has 7 heteroatoms. The Hall–Kier alpha value is -1.04. The Morgan fingerprint density at radius 3 is 2.73 bits per heavy atom. The third-order valence-electron chi connectivity index (χ3n) is 3.69. The first-order valence-corrected chi connectivity index (χ1v) is 9.39. The average molecular weight is 362 g/mol. The molecule has 1 aliphatic rings. The Bertz CT molecular complexity index is 688. The van der Waals surface area contributed by atoms with Crippen LogP contribution in [0.4, 0.5) is 0 Å². The Kier molecular flexibility index (Phi) is 5.53. The van der Waals surface area contributed by atoms with Gasteiger partial charge in [-0.3, -0.25) is 4.79 Å². The zero-order valence-electron chi connectivity index (χ0n) is 12.0. The number of piperidine rings is 1. The van der Waals surface area contributed by atoms with Gasteiger partial charge in [0, 0.05) is 24.1 Å². The summed E-state index contributed by atoms with van der Waals surface area (Å²) in [7, 11) is -3.26. The van der Waals surface area contributed by atoms with Crippen molar-refractivity contribution in [2.75, 3.05) is 18.8 Å². The normalized spacial score (nSPS) is 19.0. The van der Waals surface area contributed by atoms with E-state index in [1.54, 1.807) is 17.0 Å². The van der Waals surface area contributed by atoms with Crippen molar-refractivity contribution in [2.45, 2.75) is 12.8 Å². The zero-order valence-corrected chi connectivity index (χ0v) is 14.3. The molecule has 120 valence electrons. The van der Waals surface area contributed by atoms with Crippen LogP contribution in [-0.4, -0.2) is 38.1 Å². The van der Waals surface area contributed by atoms with E-state index in [1.165, 1.54) is 6.07 Å². The van der Waals surface area contributed by atoms with Crippen LogP contribution < -0.4 is 0 Å². The summed E-state index contributed by atoms with van der Waals surface area (Å²) in [6, 6.07) is 4.75. The fourth-order valence-electron chi connectivity index (χ4n) is 2.59. The minimum atomic E-state index is -3.26. The highest BCUT2D eigenvalue weighted by molar-refractivity contribution is 7.94. The van der Waals surface area contributed by atoms with E-state index >= 15 is 0 Å². The molecule has 1 aliphatic heterocycles. The summed E-state index contributed by atoms with van der Waals surface area (Å²) >= 11 is 11.8. The number of hydrogen-bond acceptors (Lipinski definition) is 3. The highest BCUT2D eigenvalue weighted by atomic mass is 35.5. The Labute approximate surface area is 140 Å². The minimum absolute atomic E-state index is 0.0294. The highest BCUT2D eigenvalue weighted by Gasteiger charge is 2.27. The monoisotopic (exact) mass is 361 g/mol. The zero-order chi connectivity index (χ0) is 16.3. The maximum absolute atomic E-state index is 12.5. The summed E-state index contributed by atoms with van der Waals surface area (Å²) in [6.07, 6.45) is 1.57. The number of nitrogens with zero attached hydrogens (tertiary/aromatic N) is 1. The fourth-order valence-corrected chi connectivity index (χ4v) is 3.96. The lowest BCUT2D eigenvalue weighted by Gasteiger charge is -2.32. The molecule has 0 saturated carbocycles. The lowest BCUT2D eigenvalue weighted by molar-refractivity contribution is 0.0684. The maximum Gasteiger partial charge on any atom is 0.253 e. The average Bonchev–Trinajstić information content (AvgIpc) is 2.49. The third-order valence-corrected chi connectivity index (χ3v) is 5.88. The molecule has 0 aliphatic carbocycles. The highest BCUT2D eigenvalue weighted by Crippen LogP contribution is 2.25. The SMILES string of the molecule is C=CS(=O)(=O)C[C@H]1CCCN(C(=O)c2ccc(Cl)c(Cl)c2)C1. The fraction of sp³-hybridized carbons (Fsp3) is 0.400. The molecule has 0 radical (unpaired) electrons. The Balaban J connectivity index is 2.10. The van der Waals surface area contributed by atoms with Crippen LogP contribution in [0.2, 0.25) is 10.0 Å². The number of halogens is 2. The number of hydrogen-bond donors (Lipinski definition) is 0. The molecule has 0 unspecified atom stereocenters. The van der Waals surface area contributed by atoms with Crippen LogP contribution >= 0.6 is 23.2 Å². The van der Waals surface area contributed by atoms with Gasteiger partial charge in [0.05, 0.1) is 15.8 Å². The molecule has 1 aromatic rings. The Morgan fingerprint density at radius 2 is 2.09 bits per heavy atom. The Morgan fingerprint density at radius 1 is 1.36 bits per heavy atom. The van der Waals surface area contributed by atoms with Crippen LogP contribution in [-0.2, 0) is 9.84 Å². The van der Waals surface area contributed by atoms with Gasteiger partial charge < -0.3 is 4.90 Å². The molecule has 2 rings (SSSR count). The van der Waals surface area contributed by atoms with Crippen molar-refractivity contribution in [3.05, 3.63) is 45.8 Å². The van der Waals surface area contributed by atoms with Crippen LogP contribution in [0.3, 0.4) is 0 Å². The van der Waals surface area contributed by atoms with Gasteiger partial charge in [0.1, 0.15) is 0 Å². The molecule has 22 heavy (non-hydrogen) atoms. The van der Waals surface area contributed by atoms with E-state index < -0.39 is 9.84 Å². The van der Waals surface area contributed by atoms with E-state index in [0.717, 1.165) is 18.2 Å². The van der Waals surface area contributed by atoms with E-state index in [0.29, 0.717) is 28.7 Å². The summed E-state index contributed by atoms with van der Waals surface area (Å²) in [5, 5.41) is 1.70. The van der Waals surface area contributed by atoms with Crippen molar-refractivity contribution >= 4 is 38.9 Å². The second kappa shape index (κ2) is 7.02. The summed E-state index contributed by atoms with van der Waals surface area (Å²) in [5.74, 6) is -0.190. The van der Waals surface area contributed by atoms with Crippen molar-refractivity contribution in [2.24, 2.45) is 5.92 Å². The summed E-state index contributed by atoms with van der Waals surface area (Å²) in [6.45, 7) is 4.36. The molecule has 1 heterocycles. The van der Waals surface area contributed by atoms with Crippen LogP contribution in [0.5, 0.6) is 0 Å². The van der Waals surface area contributed by atoms with Gasteiger partial charge in [0.25, 0.3) is 5.91 Å². The number of benzene rings is 1. The van der Waals surface area contributed by atoms with Crippen LogP contribution in [0.25, 0.3) is 0 Å². The van der Waals surface area contributed by atoms with Crippen molar-refractivity contribution in [3.63, 3.8) is 0 Å². The van der Waals surface area contributed by atoms with Crippen molar-refractivity contribution < 1.29 is 13.2 Å². The predicted octanol–water partition coefficient (Wildman–Crippen LogP) is 3.40. The van der Waals surface area contributed by atoms with E-state index in [1.807, 2.05) is 0 Å². The molecule has 1 saturated heterocycles. The number of carbonyl (C=O) groups is 1. The second-order valence-corrected chi connectivity index (χ2v) is 8.19. The van der Waals surface area contributed by atoms with Crippen molar-refractivity contribution in [1.82, 2.24) is 4.90 Å². The summed E-state index contributed by atoms with van der Waals surface area (Å²) < 4.78 is 23.3. The number of rotatable bonds is 4. The first kappa shape index (κ1) is 17.3. The lowest BCUT2D eigenvalue weighted by Crippen LogP contribution is -2.41. The van der Waals surface area contributed by atoms with E-state index in [9.17, 15) is 13.2 Å². The van der Waals surface area contributed by atoms with Crippen LogP contribution in [0, 0.1) is 5.92 Å². The van der Waals surface area contributed by atoms with Crippen molar-refractivity contribution in [1.29, 1.82) is 0 Å². The summed E-state index contributed by atoms with van der Waals surface area (Å²) in [4.78, 5) is 14.2. The largest absolute Gasteiger partial charge is 0.338 e. The number of sulfone groups is 1. The van der Waals surface area contributed by atoms with Gasteiger partial charge in [-0.2, -0.15) is 0 Å². The standard InChI is InChI=1S/C15H17Cl2NO3S/c1-2-22(20,21)10-11-4-3-7-18(9-11)15(19)12-5-6-13(16)14(17)8-12/h2,5-6,8,11H,1,3-4,7,9-10H2/t11-/m0/s1. The van der Waals surface area contributed by atoms with Crippen LogP contribution in [0.15, 0.2) is 30.2 Å². The topological polar surface area (TPSA) is 54.5 Å². The van der Waals surface area contributed by atoms with E-state index in [-0.39, 0.29) is 17.6 Å².